The van der Waals surface area contributed by atoms with E-state index in [-0.39, 0.29) is 12.5 Å². The maximum Gasteiger partial charge on any atom is 0.408 e. The molecule has 0 saturated heterocycles. The molecule has 0 aliphatic heterocycles. The Morgan fingerprint density at radius 3 is 2.25 bits per heavy atom. The zero-order valence-electron chi connectivity index (χ0n) is 23.4. The Labute approximate surface area is 244 Å². The van der Waals surface area contributed by atoms with Crippen molar-refractivity contribution in [2.75, 3.05) is 13.2 Å². The van der Waals surface area contributed by atoms with Gasteiger partial charge >= 0.3 is 12.2 Å². The van der Waals surface area contributed by atoms with E-state index in [0.717, 1.165) is 16.9 Å². The summed E-state index contributed by atoms with van der Waals surface area (Å²) in [5.41, 5.74) is 0.300. The number of carbonyl (C=O) groups is 3. The van der Waals surface area contributed by atoms with Crippen LogP contribution in [0.25, 0.3) is 0 Å². The number of carbonyl (C=O) groups excluding carboxylic acids is 3. The van der Waals surface area contributed by atoms with E-state index in [1.807, 2.05) is 59.3 Å². The van der Waals surface area contributed by atoms with Crippen LogP contribution < -0.4 is 10.6 Å². The summed E-state index contributed by atoms with van der Waals surface area (Å²) in [6.45, 7) is 6.97. The lowest BCUT2D eigenvalue weighted by molar-refractivity contribution is -0.134. The van der Waals surface area contributed by atoms with Gasteiger partial charge in [0.15, 0.2) is 0 Å². The van der Waals surface area contributed by atoms with E-state index in [4.69, 9.17) is 9.47 Å². The normalized spacial score (nSPS) is 11.9. The van der Waals surface area contributed by atoms with Gasteiger partial charge in [-0.1, -0.05) is 42.5 Å². The smallest absolute Gasteiger partial charge is 0.408 e. The molecule has 0 radical (unpaired) electrons. The summed E-state index contributed by atoms with van der Waals surface area (Å²) in [6, 6.07) is 16.9. The number of thiophene rings is 2. The maximum absolute atomic E-state index is 13.8. The molecule has 0 aliphatic rings. The van der Waals surface area contributed by atoms with Gasteiger partial charge in [-0.2, -0.15) is 0 Å². The Morgan fingerprint density at radius 1 is 0.900 bits per heavy atom. The number of ether oxygens (including phenoxy) is 2. The molecule has 216 valence electrons. The first kappa shape index (κ1) is 31.2. The molecule has 0 bridgehead atoms. The number of hydrogen-bond acceptors (Lipinski definition) is 7. The van der Waals surface area contributed by atoms with Gasteiger partial charge in [-0.3, -0.25) is 4.79 Å². The fourth-order valence-electron chi connectivity index (χ4n) is 3.92. The average Bonchev–Trinajstić information content (AvgIpc) is 3.63. The second-order valence-electron chi connectivity index (χ2n) is 10.3. The Bertz CT molecular complexity index is 1160. The molecule has 8 nitrogen and oxygen atoms in total. The molecule has 1 atom stereocenters. The van der Waals surface area contributed by atoms with Crippen LogP contribution in [0, 0.1) is 0 Å². The van der Waals surface area contributed by atoms with Crippen LogP contribution in [0.2, 0.25) is 0 Å². The molecular weight excluding hydrogens is 546 g/mol. The van der Waals surface area contributed by atoms with Gasteiger partial charge in [0.2, 0.25) is 5.91 Å². The molecule has 2 aromatic heterocycles. The molecule has 1 aromatic carbocycles. The highest BCUT2D eigenvalue weighted by Gasteiger charge is 2.28. The van der Waals surface area contributed by atoms with Crippen molar-refractivity contribution in [3.8, 4) is 0 Å². The number of nitrogens with one attached hydrogen (secondary N) is 2. The maximum atomic E-state index is 13.8. The highest BCUT2D eigenvalue weighted by atomic mass is 32.1. The van der Waals surface area contributed by atoms with E-state index in [1.165, 1.54) is 4.88 Å². The van der Waals surface area contributed by atoms with E-state index >= 15 is 0 Å². The molecule has 0 unspecified atom stereocenters. The van der Waals surface area contributed by atoms with Gasteiger partial charge in [0.05, 0.1) is 13.2 Å². The fraction of sp³-hybridized carbons (Fsp3) is 0.433. The third kappa shape index (κ3) is 11.8. The van der Waals surface area contributed by atoms with Crippen molar-refractivity contribution in [2.24, 2.45) is 0 Å². The summed E-state index contributed by atoms with van der Waals surface area (Å²) in [5, 5.41) is 9.55. The van der Waals surface area contributed by atoms with E-state index in [9.17, 15) is 14.4 Å². The summed E-state index contributed by atoms with van der Waals surface area (Å²) < 4.78 is 10.7. The highest BCUT2D eigenvalue weighted by Crippen LogP contribution is 2.17. The molecule has 40 heavy (non-hydrogen) atoms. The Morgan fingerprint density at radius 2 is 1.60 bits per heavy atom. The molecule has 2 heterocycles. The summed E-state index contributed by atoms with van der Waals surface area (Å²) in [6.07, 6.45) is 1.15. The molecular formula is C30H39N3O5S2. The fourth-order valence-corrected chi connectivity index (χ4v) is 5.34. The zero-order valence-corrected chi connectivity index (χ0v) is 25.0. The predicted octanol–water partition coefficient (Wildman–Crippen LogP) is 6.37. The summed E-state index contributed by atoms with van der Waals surface area (Å²) >= 11 is 3.26. The third-order valence-electron chi connectivity index (χ3n) is 5.84. The van der Waals surface area contributed by atoms with Crippen molar-refractivity contribution in [2.45, 2.75) is 71.2 Å². The van der Waals surface area contributed by atoms with Gasteiger partial charge in [0.25, 0.3) is 0 Å². The average molecular weight is 586 g/mol. The molecule has 10 heteroatoms. The van der Waals surface area contributed by atoms with Gasteiger partial charge in [-0.05, 0) is 74.9 Å². The predicted molar refractivity (Wildman–Crippen MR) is 159 cm³/mol. The molecule has 3 aromatic rings. The monoisotopic (exact) mass is 585 g/mol. The summed E-state index contributed by atoms with van der Waals surface area (Å²) in [7, 11) is 0. The number of amides is 3. The van der Waals surface area contributed by atoms with Crippen LogP contribution in [-0.2, 0) is 33.8 Å². The standard InChI is InChI=1S/C30H39N3O5S2/c1-30(2,3)38-29(36)32-26(15-7-8-18-37-28(35)31-21-23-11-5-4-6-12-23)27(34)33(22-25-14-10-20-40-25)17-16-24-13-9-19-39-24/h4-6,9-14,19-20,26H,7-8,15-18,21-22H2,1-3H3,(H,31,35)(H,32,36)/t26-/m0/s1. The van der Waals surface area contributed by atoms with Crippen LogP contribution >= 0.6 is 22.7 Å². The van der Waals surface area contributed by atoms with Crippen molar-refractivity contribution in [1.82, 2.24) is 15.5 Å². The van der Waals surface area contributed by atoms with E-state index in [2.05, 4.69) is 16.7 Å². The molecule has 3 rings (SSSR count). The van der Waals surface area contributed by atoms with Crippen molar-refractivity contribution in [1.29, 1.82) is 0 Å². The number of nitrogens with zero attached hydrogens (tertiary/aromatic N) is 1. The highest BCUT2D eigenvalue weighted by molar-refractivity contribution is 7.10. The van der Waals surface area contributed by atoms with Crippen molar-refractivity contribution < 1.29 is 23.9 Å². The van der Waals surface area contributed by atoms with Crippen LogP contribution in [0.3, 0.4) is 0 Å². The van der Waals surface area contributed by atoms with Crippen LogP contribution in [0.1, 0.15) is 55.4 Å². The van der Waals surface area contributed by atoms with Gasteiger partial charge in [-0.15, -0.1) is 22.7 Å². The molecule has 0 spiro atoms. The van der Waals surface area contributed by atoms with Crippen molar-refractivity contribution in [3.63, 3.8) is 0 Å². The van der Waals surface area contributed by atoms with E-state index in [0.29, 0.717) is 38.9 Å². The van der Waals surface area contributed by atoms with Crippen molar-refractivity contribution in [3.05, 3.63) is 80.7 Å². The largest absolute Gasteiger partial charge is 0.450 e. The Hall–Kier alpha value is -3.37. The SMILES string of the molecule is CC(C)(C)OC(=O)N[C@@H](CCCCOC(=O)NCc1ccccc1)C(=O)N(CCc1cccs1)Cc1cccs1. The van der Waals surface area contributed by atoms with Crippen molar-refractivity contribution >= 4 is 40.8 Å². The minimum atomic E-state index is -0.759. The van der Waals surface area contributed by atoms with Gasteiger partial charge in [0, 0.05) is 22.8 Å². The first-order valence-corrected chi connectivity index (χ1v) is 15.2. The topological polar surface area (TPSA) is 97.0 Å². The third-order valence-corrected chi connectivity index (χ3v) is 7.63. The number of benzene rings is 1. The van der Waals surface area contributed by atoms with Crippen LogP contribution in [-0.4, -0.2) is 47.8 Å². The lowest BCUT2D eigenvalue weighted by Gasteiger charge is -2.29. The molecule has 0 fully saturated rings. The first-order chi connectivity index (χ1) is 19.2. The van der Waals surface area contributed by atoms with Gasteiger partial charge in [0.1, 0.15) is 11.6 Å². The number of unbranched alkanes of at least 4 members (excludes halogenated alkanes) is 1. The number of hydrogen-bond donors (Lipinski definition) is 2. The van der Waals surface area contributed by atoms with E-state index in [1.54, 1.807) is 48.3 Å². The second kappa shape index (κ2) is 16.0. The molecule has 0 saturated carbocycles. The zero-order chi connectivity index (χ0) is 28.8. The van der Waals surface area contributed by atoms with E-state index < -0.39 is 23.8 Å². The minimum Gasteiger partial charge on any atom is -0.450 e. The molecule has 0 aliphatic carbocycles. The molecule has 3 amide bonds. The lowest BCUT2D eigenvalue weighted by Crippen LogP contribution is -2.50. The Balaban J connectivity index is 1.56. The van der Waals surface area contributed by atoms with Crippen LogP contribution in [0.4, 0.5) is 9.59 Å². The minimum absolute atomic E-state index is 0.155. The first-order valence-electron chi connectivity index (χ1n) is 13.5. The number of alkyl carbamates (subject to hydrolysis) is 2. The second-order valence-corrected chi connectivity index (χ2v) is 12.4. The Kier molecular flexibility index (Phi) is 12.5. The van der Waals surface area contributed by atoms with Gasteiger partial charge < -0.3 is 25.0 Å². The van der Waals surface area contributed by atoms with Crippen LogP contribution in [0.15, 0.2) is 65.4 Å². The van der Waals surface area contributed by atoms with Gasteiger partial charge in [-0.25, -0.2) is 9.59 Å². The summed E-state index contributed by atoms with van der Waals surface area (Å²) in [4.78, 5) is 42.6. The molecule has 2 N–H and O–H groups in total. The lowest BCUT2D eigenvalue weighted by atomic mass is 10.1. The quantitative estimate of drug-likeness (QED) is 0.214. The number of rotatable bonds is 14. The summed E-state index contributed by atoms with van der Waals surface area (Å²) in [5.74, 6) is -0.155. The van der Waals surface area contributed by atoms with Crippen LogP contribution in [0.5, 0.6) is 0 Å².